The molecule has 0 radical (unpaired) electrons. The van der Waals surface area contributed by atoms with Crippen LogP contribution < -0.4 is 242 Å². The minimum absolute atomic E-state index is 0. The molecule has 3 heterocycles. The number of hydrogen-bond donors (Lipinski definition) is 3. The number of carbonyl (C=O) groups is 4. The fraction of sp³-hybridized carbons (Fsp3) is 0.0769. The van der Waals surface area contributed by atoms with Gasteiger partial charge >= 0.3 is 206 Å². The number of hydrogen-bond acceptors (Lipinski definition) is 20. The summed E-state index contributed by atoms with van der Waals surface area (Å²) >= 11 is 0.999. The summed E-state index contributed by atoms with van der Waals surface area (Å²) in [7, 11) is 0. The van der Waals surface area contributed by atoms with E-state index in [0.717, 1.165) is 52.6 Å². The van der Waals surface area contributed by atoms with Crippen LogP contribution in [-0.2, 0) is 0 Å². The SMILES string of the molecule is Cc1nsc(N=Nc2c(C)nn(-c3nc(Nc4cc(C(=O)[O-])cc(C(=O)[O-])c4)nc(Nc4cc(C(=O)[O-])cc(C(=O)[O-])c4)n3)c2N)n1.[K+].[K+].[K+].[K+]. The first-order valence-electron chi connectivity index (χ1n) is 12.8. The smallest absolute Gasteiger partial charge is 0.545 e. The first-order chi connectivity index (χ1) is 22.3. The quantitative estimate of drug-likeness (QED) is 0.0823. The molecule has 2 aromatic carbocycles. The summed E-state index contributed by atoms with van der Waals surface area (Å²) in [4.78, 5) is 62.7. The number of aromatic carboxylic acids is 4. The first kappa shape index (κ1) is 48.7. The van der Waals surface area contributed by atoms with Crippen LogP contribution in [-0.4, -0.2) is 58.0 Å². The van der Waals surface area contributed by atoms with Crippen LogP contribution in [0.2, 0.25) is 0 Å². The maximum absolute atomic E-state index is 11.5. The minimum atomic E-state index is -1.68. The Morgan fingerprint density at radius 1 is 0.686 bits per heavy atom. The van der Waals surface area contributed by atoms with Crippen LogP contribution in [0.5, 0.6) is 0 Å². The second-order valence-corrected chi connectivity index (χ2v) is 10.1. The largest absolute Gasteiger partial charge is 1.00 e. The number of nitrogen functional groups attached to an aromatic ring is 1. The Morgan fingerprint density at radius 2 is 1.12 bits per heavy atom. The summed E-state index contributed by atoms with van der Waals surface area (Å²) in [6.45, 7) is 3.24. The zero-order valence-electron chi connectivity index (χ0n) is 27.7. The van der Waals surface area contributed by atoms with Crippen LogP contribution in [0.1, 0.15) is 53.0 Å². The molecule has 0 saturated carbocycles. The summed E-state index contributed by atoms with van der Waals surface area (Å²) in [6, 6.07) is 5.80. The van der Waals surface area contributed by atoms with E-state index >= 15 is 0 Å². The number of nitrogens with two attached hydrogens (primary N) is 1. The maximum atomic E-state index is 11.5. The van der Waals surface area contributed by atoms with Crippen LogP contribution in [0, 0.1) is 13.8 Å². The van der Waals surface area contributed by atoms with Gasteiger partial charge in [0.05, 0.1) is 29.6 Å². The van der Waals surface area contributed by atoms with Crippen molar-refractivity contribution < 1.29 is 245 Å². The molecule has 51 heavy (non-hydrogen) atoms. The average Bonchev–Trinajstić information content (AvgIpc) is 3.56. The van der Waals surface area contributed by atoms with E-state index < -0.39 is 46.1 Å². The van der Waals surface area contributed by atoms with Gasteiger partial charge in [-0.1, -0.05) is 0 Å². The van der Waals surface area contributed by atoms with Crippen LogP contribution in [0.15, 0.2) is 46.6 Å². The van der Waals surface area contributed by atoms with Crippen LogP contribution in [0.4, 0.5) is 39.9 Å². The topological polar surface area (TPSA) is 318 Å². The number of carboxylic acid groups (broad SMARTS) is 4. The third kappa shape index (κ3) is 12.9. The second kappa shape index (κ2) is 21.7. The minimum Gasteiger partial charge on any atom is -0.545 e. The van der Waals surface area contributed by atoms with Crippen molar-refractivity contribution >= 4 is 75.3 Å². The Balaban J connectivity index is 0.00000325. The molecular formula is C26H16K4N12O8S. The summed E-state index contributed by atoms with van der Waals surface area (Å²) in [6.07, 6.45) is 0. The van der Waals surface area contributed by atoms with Gasteiger partial charge in [0.25, 0.3) is 5.95 Å². The molecule has 238 valence electrons. The first-order valence-corrected chi connectivity index (χ1v) is 13.6. The predicted octanol–water partition coefficient (Wildman–Crippen LogP) is -13.5. The number of azo groups is 1. The monoisotopic (exact) mass is 812 g/mol. The van der Waals surface area contributed by atoms with E-state index in [1.165, 1.54) is 0 Å². The molecule has 5 rings (SSSR count). The van der Waals surface area contributed by atoms with Crippen LogP contribution in [0.25, 0.3) is 5.95 Å². The third-order valence-electron chi connectivity index (χ3n) is 5.95. The van der Waals surface area contributed by atoms with Crippen LogP contribution >= 0.6 is 11.5 Å². The second-order valence-electron chi connectivity index (χ2n) is 9.34. The normalized spacial score (nSPS) is 10.2. The Kier molecular flexibility index (Phi) is 20.7. The van der Waals surface area contributed by atoms with E-state index in [4.69, 9.17) is 5.73 Å². The molecule has 0 amide bonds. The maximum Gasteiger partial charge on any atom is 1.00 e. The molecule has 0 atom stereocenters. The summed E-state index contributed by atoms with van der Waals surface area (Å²) in [5.74, 6) is -7.32. The summed E-state index contributed by atoms with van der Waals surface area (Å²) in [5, 5.41) is 63.9. The molecule has 0 saturated heterocycles. The Hall–Kier alpha value is -0.355. The molecule has 0 aliphatic rings. The fourth-order valence-electron chi connectivity index (χ4n) is 3.93. The number of nitrogens with one attached hydrogen (secondary N) is 2. The molecule has 20 nitrogen and oxygen atoms in total. The Labute approximate surface area is 461 Å². The number of aryl methyl sites for hydroxylation is 2. The summed E-state index contributed by atoms with van der Waals surface area (Å²) in [5.41, 5.74) is 4.40. The van der Waals surface area contributed by atoms with Gasteiger partial charge in [-0.2, -0.15) is 29.1 Å². The van der Waals surface area contributed by atoms with E-state index in [-0.39, 0.29) is 257 Å². The molecule has 0 bridgehead atoms. The van der Waals surface area contributed by atoms with E-state index in [0.29, 0.717) is 5.82 Å². The van der Waals surface area contributed by atoms with Crippen molar-refractivity contribution in [1.82, 2.24) is 34.1 Å². The number of anilines is 5. The zero-order valence-corrected chi connectivity index (χ0v) is 41.0. The number of rotatable bonds is 11. The van der Waals surface area contributed by atoms with Gasteiger partial charge in [0, 0.05) is 22.9 Å². The van der Waals surface area contributed by atoms with Crippen molar-refractivity contribution in [1.29, 1.82) is 0 Å². The fourth-order valence-corrected chi connectivity index (χ4v) is 4.44. The molecule has 0 aliphatic heterocycles. The van der Waals surface area contributed by atoms with Gasteiger partial charge in [-0.3, -0.25) is 0 Å². The van der Waals surface area contributed by atoms with Crippen molar-refractivity contribution in [2.75, 3.05) is 16.4 Å². The molecule has 25 heteroatoms. The standard InChI is InChI=1S/C26H20N12O8S.4K/c1-9-17(34-35-26-28-10(2)37-47-26)18(27)38(36-9)25-32-23(29-15-5-11(19(39)40)3-12(6-15)20(41)42)31-24(33-25)30-16-7-13(21(43)44)4-14(8-16)22(45)46;;;;/h3-8H,27H2,1-2H3,(H,39,40)(H,41,42)(H,43,44)(H,45,46)(H2,29,30,31,32,33);;;;/q;4*+1/p-4. The predicted molar refractivity (Wildman–Crippen MR) is 152 cm³/mol. The molecule has 5 aromatic rings. The van der Waals surface area contributed by atoms with Gasteiger partial charge in [0.15, 0.2) is 11.5 Å². The number of nitrogens with zero attached hydrogens (tertiary/aromatic N) is 9. The number of carboxylic acids is 4. The van der Waals surface area contributed by atoms with Crippen molar-refractivity contribution in [3.63, 3.8) is 0 Å². The molecule has 4 N–H and O–H groups in total. The van der Waals surface area contributed by atoms with Gasteiger partial charge in [0.2, 0.25) is 17.0 Å². The van der Waals surface area contributed by atoms with Gasteiger partial charge in [-0.05, 0) is 72.5 Å². The Morgan fingerprint density at radius 3 is 1.49 bits per heavy atom. The zero-order chi connectivity index (χ0) is 34.0. The van der Waals surface area contributed by atoms with E-state index in [1.54, 1.807) is 13.8 Å². The van der Waals surface area contributed by atoms with Gasteiger partial charge in [-0.15, -0.1) is 10.2 Å². The van der Waals surface area contributed by atoms with E-state index in [9.17, 15) is 39.6 Å². The summed E-state index contributed by atoms with van der Waals surface area (Å²) < 4.78 is 5.06. The molecule has 0 fully saturated rings. The number of carbonyl (C=O) groups excluding carboxylic acids is 4. The van der Waals surface area contributed by atoms with Crippen molar-refractivity contribution in [3.8, 4) is 5.95 Å². The van der Waals surface area contributed by atoms with Gasteiger partial charge < -0.3 is 56.0 Å². The van der Waals surface area contributed by atoms with E-state index in [2.05, 4.69) is 50.3 Å². The molecule has 0 aliphatic carbocycles. The van der Waals surface area contributed by atoms with Gasteiger partial charge in [-0.25, -0.2) is 4.98 Å². The van der Waals surface area contributed by atoms with Gasteiger partial charge in [0.1, 0.15) is 5.82 Å². The van der Waals surface area contributed by atoms with Crippen molar-refractivity contribution in [2.24, 2.45) is 10.2 Å². The number of aromatic nitrogens is 7. The number of benzene rings is 2. The molecular weight excluding hydrogens is 797 g/mol. The Bertz CT molecular complexity index is 1990. The van der Waals surface area contributed by atoms with Crippen molar-refractivity contribution in [3.05, 3.63) is 70.2 Å². The van der Waals surface area contributed by atoms with Crippen LogP contribution in [0.3, 0.4) is 0 Å². The molecule has 0 unspecified atom stereocenters. The third-order valence-corrected chi connectivity index (χ3v) is 6.64. The van der Waals surface area contributed by atoms with E-state index in [1.807, 2.05) is 0 Å². The average molecular weight is 813 g/mol. The molecule has 0 spiro atoms. The van der Waals surface area contributed by atoms with Crippen molar-refractivity contribution in [2.45, 2.75) is 13.8 Å². The molecule has 3 aromatic heterocycles.